The molecule has 0 aromatic heterocycles. The van der Waals surface area contributed by atoms with Gasteiger partial charge in [-0.2, -0.15) is 0 Å². The van der Waals surface area contributed by atoms with Crippen molar-refractivity contribution in [3.05, 3.63) is 24.5 Å². The average Bonchev–Trinajstić information content (AvgIpc) is 2.44. The molecule has 1 amide bonds. The minimum Gasteiger partial charge on any atom is -0.492 e. The van der Waals surface area contributed by atoms with Gasteiger partial charge in [-0.3, -0.25) is 4.79 Å². The van der Waals surface area contributed by atoms with Crippen LogP contribution in [0.25, 0.3) is 0 Å². The van der Waals surface area contributed by atoms with Gasteiger partial charge in [0.15, 0.2) is 11.6 Å². The molecule has 0 heterocycles. The topological polar surface area (TPSA) is 70.8 Å². The fourth-order valence-electron chi connectivity index (χ4n) is 1.96. The smallest absolute Gasteiger partial charge is 0.247 e. The van der Waals surface area contributed by atoms with E-state index in [0.717, 1.165) is 12.6 Å². The number of benzene rings is 1. The lowest BCUT2D eigenvalue weighted by molar-refractivity contribution is -0.111. The number of hydrogen-bond acceptors (Lipinski definition) is 5. The number of ether oxygens (including phenoxy) is 1. The first-order chi connectivity index (χ1) is 10.3. The molecular weight excluding hydrogens is 287 g/mol. The van der Waals surface area contributed by atoms with E-state index < -0.39 is 11.7 Å². The maximum absolute atomic E-state index is 14.7. The van der Waals surface area contributed by atoms with Gasteiger partial charge in [0.05, 0.1) is 18.5 Å². The minimum atomic E-state index is -0.608. The third kappa shape index (κ3) is 4.11. The Morgan fingerprint density at radius 3 is 2.59 bits per heavy atom. The molecule has 0 saturated heterocycles. The normalized spacial score (nSPS) is 10.5. The van der Waals surface area contributed by atoms with Crippen LogP contribution in [0.15, 0.2) is 18.7 Å². The summed E-state index contributed by atoms with van der Waals surface area (Å²) < 4.78 is 19.7. The molecule has 1 rings (SSSR count). The Morgan fingerprint density at radius 2 is 2.09 bits per heavy atom. The number of amides is 1. The highest BCUT2D eigenvalue weighted by Crippen LogP contribution is 2.39. The first-order valence-corrected chi connectivity index (χ1v) is 6.77. The van der Waals surface area contributed by atoms with Crippen LogP contribution in [-0.2, 0) is 4.79 Å². The number of nitrogens with two attached hydrogens (primary N) is 1. The van der Waals surface area contributed by atoms with Crippen molar-refractivity contribution in [2.24, 2.45) is 0 Å². The van der Waals surface area contributed by atoms with Gasteiger partial charge in [-0.05, 0) is 26.2 Å². The Labute approximate surface area is 130 Å². The van der Waals surface area contributed by atoms with Gasteiger partial charge in [-0.15, -0.1) is 0 Å². The fourth-order valence-corrected chi connectivity index (χ4v) is 1.96. The standard InChI is InChI=1S/C15H23FN4O2/c1-6-12(21)18-11-9-10(17)15(22-5)13(16)14(11)20(4)8-7-19(2)3/h6,9H,1,7-8,17H2,2-5H3,(H,18,21). The number of likely N-dealkylation sites (N-methyl/N-ethyl adjacent to an activating group) is 2. The summed E-state index contributed by atoms with van der Waals surface area (Å²) >= 11 is 0. The van der Waals surface area contributed by atoms with E-state index in [0.29, 0.717) is 6.54 Å². The van der Waals surface area contributed by atoms with Gasteiger partial charge in [0, 0.05) is 20.1 Å². The molecule has 0 atom stereocenters. The highest BCUT2D eigenvalue weighted by atomic mass is 19.1. The Bertz CT molecular complexity index is 561. The van der Waals surface area contributed by atoms with Crippen LogP contribution in [0, 0.1) is 5.82 Å². The van der Waals surface area contributed by atoms with E-state index in [-0.39, 0.29) is 22.8 Å². The van der Waals surface area contributed by atoms with E-state index in [2.05, 4.69) is 11.9 Å². The average molecular weight is 310 g/mol. The lowest BCUT2D eigenvalue weighted by Gasteiger charge is -2.26. The van der Waals surface area contributed by atoms with Crippen LogP contribution >= 0.6 is 0 Å². The Hall–Kier alpha value is -2.28. The van der Waals surface area contributed by atoms with Crippen molar-refractivity contribution in [3.63, 3.8) is 0 Å². The van der Waals surface area contributed by atoms with Gasteiger partial charge in [-0.25, -0.2) is 4.39 Å². The van der Waals surface area contributed by atoms with E-state index >= 15 is 0 Å². The minimum absolute atomic E-state index is 0.0386. The molecule has 1 aromatic carbocycles. The van der Waals surface area contributed by atoms with Gasteiger partial charge >= 0.3 is 0 Å². The van der Waals surface area contributed by atoms with Gasteiger partial charge in [-0.1, -0.05) is 6.58 Å². The molecule has 122 valence electrons. The second-order valence-electron chi connectivity index (χ2n) is 5.13. The molecule has 0 unspecified atom stereocenters. The van der Waals surface area contributed by atoms with Gasteiger partial charge in [0.25, 0.3) is 0 Å². The SMILES string of the molecule is C=CC(=O)Nc1cc(N)c(OC)c(F)c1N(C)CCN(C)C. The third-order valence-electron chi connectivity index (χ3n) is 3.14. The Balaban J connectivity index is 3.29. The van der Waals surface area contributed by atoms with E-state index in [4.69, 9.17) is 10.5 Å². The summed E-state index contributed by atoms with van der Waals surface area (Å²) in [5, 5.41) is 2.57. The summed E-state index contributed by atoms with van der Waals surface area (Å²) in [4.78, 5) is 15.2. The molecule has 6 nitrogen and oxygen atoms in total. The number of methoxy groups -OCH3 is 1. The maximum Gasteiger partial charge on any atom is 0.247 e. The maximum atomic E-state index is 14.7. The summed E-state index contributed by atoms with van der Waals surface area (Å²) in [6, 6.07) is 1.48. The number of nitrogen functional groups attached to an aromatic ring is 1. The van der Waals surface area contributed by atoms with E-state index in [9.17, 15) is 9.18 Å². The molecule has 0 aliphatic carbocycles. The zero-order chi connectivity index (χ0) is 16.9. The molecule has 0 aliphatic rings. The van der Waals surface area contributed by atoms with E-state index in [1.807, 2.05) is 19.0 Å². The second-order valence-corrected chi connectivity index (χ2v) is 5.13. The largest absolute Gasteiger partial charge is 0.492 e. The highest BCUT2D eigenvalue weighted by molar-refractivity contribution is 6.02. The molecule has 1 aromatic rings. The lowest BCUT2D eigenvalue weighted by Crippen LogP contribution is -2.30. The first-order valence-electron chi connectivity index (χ1n) is 6.77. The number of rotatable bonds is 7. The molecular formula is C15H23FN4O2. The molecule has 0 saturated carbocycles. The summed E-state index contributed by atoms with van der Waals surface area (Å²) in [5.41, 5.74) is 6.39. The van der Waals surface area contributed by atoms with Crippen LogP contribution in [0.5, 0.6) is 5.75 Å². The molecule has 0 spiro atoms. The fraction of sp³-hybridized carbons (Fsp3) is 0.400. The number of nitrogens with one attached hydrogen (secondary N) is 1. The predicted molar refractivity (Wildman–Crippen MR) is 88.0 cm³/mol. The Kier molecular flexibility index (Phi) is 6.18. The van der Waals surface area contributed by atoms with Crippen molar-refractivity contribution in [2.75, 3.05) is 57.3 Å². The van der Waals surface area contributed by atoms with Crippen LogP contribution < -0.4 is 20.7 Å². The van der Waals surface area contributed by atoms with Crippen LogP contribution in [0.2, 0.25) is 0 Å². The van der Waals surface area contributed by atoms with Gasteiger partial charge in [0.1, 0.15) is 5.69 Å². The number of carbonyl (C=O) groups excluding carboxylic acids is 1. The van der Waals surface area contributed by atoms with Crippen molar-refractivity contribution in [1.82, 2.24) is 4.90 Å². The van der Waals surface area contributed by atoms with Crippen molar-refractivity contribution in [3.8, 4) is 5.75 Å². The first kappa shape index (κ1) is 17.8. The van der Waals surface area contributed by atoms with Crippen molar-refractivity contribution in [2.45, 2.75) is 0 Å². The number of halogens is 1. The number of nitrogens with zero attached hydrogens (tertiary/aromatic N) is 2. The molecule has 3 N–H and O–H groups in total. The molecule has 0 radical (unpaired) electrons. The number of hydrogen-bond donors (Lipinski definition) is 2. The second kappa shape index (κ2) is 7.65. The van der Waals surface area contributed by atoms with Crippen LogP contribution in [0.4, 0.5) is 21.5 Å². The summed E-state index contributed by atoms with van der Waals surface area (Å²) in [7, 11) is 6.93. The zero-order valence-electron chi connectivity index (χ0n) is 13.4. The van der Waals surface area contributed by atoms with Crippen LogP contribution in [-0.4, -0.2) is 52.1 Å². The van der Waals surface area contributed by atoms with Crippen LogP contribution in [0.3, 0.4) is 0 Å². The van der Waals surface area contributed by atoms with Crippen molar-refractivity contribution in [1.29, 1.82) is 0 Å². The Morgan fingerprint density at radius 1 is 1.45 bits per heavy atom. The van der Waals surface area contributed by atoms with Gasteiger partial charge < -0.3 is 25.6 Å². The highest BCUT2D eigenvalue weighted by Gasteiger charge is 2.21. The van der Waals surface area contributed by atoms with E-state index in [1.54, 1.807) is 11.9 Å². The molecule has 0 aliphatic heterocycles. The number of carbonyl (C=O) groups is 1. The number of anilines is 3. The molecule has 7 heteroatoms. The third-order valence-corrected chi connectivity index (χ3v) is 3.14. The van der Waals surface area contributed by atoms with Crippen molar-refractivity contribution >= 4 is 23.0 Å². The summed E-state index contributed by atoms with van der Waals surface area (Å²) in [6.45, 7) is 4.67. The monoisotopic (exact) mass is 310 g/mol. The summed E-state index contributed by atoms with van der Waals surface area (Å²) in [5.74, 6) is -1.09. The van der Waals surface area contributed by atoms with Crippen LogP contribution in [0.1, 0.15) is 0 Å². The lowest BCUT2D eigenvalue weighted by atomic mass is 10.2. The zero-order valence-corrected chi connectivity index (χ0v) is 13.4. The molecule has 0 fully saturated rings. The van der Waals surface area contributed by atoms with Gasteiger partial charge in [0.2, 0.25) is 5.91 Å². The molecule has 22 heavy (non-hydrogen) atoms. The summed E-state index contributed by atoms with van der Waals surface area (Å²) in [6.07, 6.45) is 1.11. The van der Waals surface area contributed by atoms with Crippen molar-refractivity contribution < 1.29 is 13.9 Å². The quantitative estimate of drug-likeness (QED) is 0.590. The van der Waals surface area contributed by atoms with E-state index in [1.165, 1.54) is 13.2 Å². The predicted octanol–water partition coefficient (Wildman–Crippen LogP) is 1.54. The molecule has 0 bridgehead atoms.